The minimum absolute atomic E-state index is 0.140. The Hall–Kier alpha value is -4.95. The van der Waals surface area contributed by atoms with Crippen LogP contribution in [0.1, 0.15) is 72.0 Å². The molecule has 3 fully saturated rings. The van der Waals surface area contributed by atoms with Gasteiger partial charge >= 0.3 is 0 Å². The number of nitrogens with one attached hydrogen (secondary N) is 1. The molecule has 48 heavy (non-hydrogen) atoms. The molecule has 4 aliphatic heterocycles. The van der Waals surface area contributed by atoms with Gasteiger partial charge in [-0.05, 0) is 92.3 Å². The van der Waals surface area contributed by atoms with E-state index >= 15 is 0 Å². The summed E-state index contributed by atoms with van der Waals surface area (Å²) in [6, 6.07) is 12.2. The number of phenols is 1. The number of para-hydroxylation sites is 1. The lowest BCUT2D eigenvalue weighted by atomic mass is 9.79. The molecule has 1 aromatic heterocycles. The number of anilines is 1. The average Bonchev–Trinajstić information content (AvgIpc) is 3.38. The molecular weight excluding hydrogens is 608 g/mol. The second kappa shape index (κ2) is 11.9. The van der Waals surface area contributed by atoms with Crippen LogP contribution in [0.5, 0.6) is 11.5 Å². The molecule has 2 aromatic carbocycles. The van der Waals surface area contributed by atoms with Crippen LogP contribution in [-0.2, 0) is 22.6 Å². The number of benzene rings is 2. The Morgan fingerprint density at radius 2 is 1.79 bits per heavy atom. The summed E-state index contributed by atoms with van der Waals surface area (Å²) < 4.78 is 6.62. The van der Waals surface area contributed by atoms with Gasteiger partial charge in [-0.3, -0.25) is 24.6 Å². The van der Waals surface area contributed by atoms with E-state index in [0.717, 1.165) is 75.0 Å². The van der Waals surface area contributed by atoms with E-state index in [-0.39, 0.29) is 29.6 Å². The molecule has 5 heterocycles. The Morgan fingerprint density at radius 3 is 2.58 bits per heavy atom. The third kappa shape index (κ3) is 5.64. The molecule has 1 aliphatic carbocycles. The lowest BCUT2D eigenvalue weighted by Crippen LogP contribution is -2.66. The van der Waals surface area contributed by atoms with E-state index in [4.69, 9.17) is 10.5 Å². The fraction of sp³-hybridized carbons (Fsp3) is 0.432. The van der Waals surface area contributed by atoms with E-state index in [9.17, 15) is 19.5 Å². The Morgan fingerprint density at radius 1 is 0.979 bits per heavy atom. The van der Waals surface area contributed by atoms with Crippen LogP contribution >= 0.6 is 0 Å². The number of aromatic nitrogens is 2. The fourth-order valence-corrected chi connectivity index (χ4v) is 8.06. The number of hydrogen-bond acceptors (Lipinski definition) is 9. The maximum atomic E-state index is 13.3. The summed E-state index contributed by atoms with van der Waals surface area (Å²) in [6.07, 6.45) is 6.78. The number of likely N-dealkylation sites (tertiary alicyclic amines) is 1. The van der Waals surface area contributed by atoms with Crippen molar-refractivity contribution in [2.75, 3.05) is 25.4 Å². The van der Waals surface area contributed by atoms with E-state index in [2.05, 4.69) is 38.3 Å². The number of imide groups is 1. The van der Waals surface area contributed by atoms with Gasteiger partial charge in [-0.2, -0.15) is 0 Å². The molecule has 1 saturated carbocycles. The lowest BCUT2D eigenvalue weighted by molar-refractivity contribution is -0.136. The van der Waals surface area contributed by atoms with Gasteiger partial charge in [-0.1, -0.05) is 24.0 Å². The molecule has 8 rings (SSSR count). The van der Waals surface area contributed by atoms with E-state index in [1.54, 1.807) is 29.2 Å². The number of aryl methyl sites for hydroxylation is 1. The SMILES string of the molecule is Nc1nnc(-c2ccccc2O)cc1C#CC1CCC(CN2CC3(CCc4cc5c(cc4O3)C(=O)N(C3CCC(=O)NC3=O)C5)C2)CC1. The van der Waals surface area contributed by atoms with Crippen molar-refractivity contribution in [1.29, 1.82) is 0 Å². The molecule has 1 spiro atoms. The minimum atomic E-state index is -0.615. The van der Waals surface area contributed by atoms with Crippen molar-refractivity contribution in [3.05, 3.63) is 64.7 Å². The molecule has 2 saturated heterocycles. The van der Waals surface area contributed by atoms with Gasteiger partial charge in [0.2, 0.25) is 11.8 Å². The second-order valence-electron chi connectivity index (χ2n) is 14.0. The zero-order chi connectivity index (χ0) is 33.0. The van der Waals surface area contributed by atoms with Crippen molar-refractivity contribution in [3.63, 3.8) is 0 Å². The number of nitrogens with zero attached hydrogens (tertiary/aromatic N) is 4. The normalized spacial score (nSPS) is 24.5. The summed E-state index contributed by atoms with van der Waals surface area (Å²) in [5.74, 6) is 7.96. The number of piperidine rings is 1. The van der Waals surface area contributed by atoms with Crippen molar-refractivity contribution < 1.29 is 24.2 Å². The summed E-state index contributed by atoms with van der Waals surface area (Å²) in [4.78, 5) is 41.5. The first-order valence-electron chi connectivity index (χ1n) is 16.9. The van der Waals surface area contributed by atoms with Crippen LogP contribution in [-0.4, -0.2) is 74.1 Å². The largest absolute Gasteiger partial charge is 0.507 e. The van der Waals surface area contributed by atoms with Crippen molar-refractivity contribution in [2.45, 2.75) is 69.6 Å². The van der Waals surface area contributed by atoms with Crippen LogP contribution < -0.4 is 15.8 Å². The molecule has 11 nitrogen and oxygen atoms in total. The molecule has 11 heteroatoms. The maximum absolute atomic E-state index is 13.3. The smallest absolute Gasteiger partial charge is 0.255 e. The number of nitrogens with two attached hydrogens (primary N) is 1. The van der Waals surface area contributed by atoms with Gasteiger partial charge in [0, 0.05) is 49.6 Å². The Balaban J connectivity index is 0.840. The predicted octanol–water partition coefficient (Wildman–Crippen LogP) is 3.43. The molecular formula is C37H38N6O5. The van der Waals surface area contributed by atoms with Crippen LogP contribution in [0.15, 0.2) is 42.5 Å². The van der Waals surface area contributed by atoms with Gasteiger partial charge in [0.15, 0.2) is 5.82 Å². The summed E-state index contributed by atoms with van der Waals surface area (Å²) in [7, 11) is 0. The van der Waals surface area contributed by atoms with Crippen molar-refractivity contribution in [1.82, 2.24) is 25.3 Å². The highest BCUT2D eigenvalue weighted by molar-refractivity contribution is 6.05. The Labute approximate surface area is 278 Å². The number of amides is 3. The van der Waals surface area contributed by atoms with E-state index in [0.29, 0.717) is 53.0 Å². The molecule has 0 bridgehead atoms. The third-order valence-electron chi connectivity index (χ3n) is 10.7. The average molecular weight is 647 g/mol. The number of aromatic hydroxyl groups is 1. The number of carbonyl (C=O) groups excluding carboxylic acids is 3. The summed E-state index contributed by atoms with van der Waals surface area (Å²) in [6.45, 7) is 3.20. The highest BCUT2D eigenvalue weighted by Crippen LogP contribution is 2.43. The van der Waals surface area contributed by atoms with Crippen LogP contribution in [0.4, 0.5) is 5.82 Å². The van der Waals surface area contributed by atoms with E-state index in [1.165, 1.54) is 0 Å². The number of hydrogen-bond donors (Lipinski definition) is 3. The molecule has 4 N–H and O–H groups in total. The monoisotopic (exact) mass is 646 g/mol. The number of carbonyl (C=O) groups is 3. The first-order chi connectivity index (χ1) is 23.2. The van der Waals surface area contributed by atoms with Crippen molar-refractivity contribution in [3.8, 4) is 34.6 Å². The summed E-state index contributed by atoms with van der Waals surface area (Å²) in [5, 5.41) is 20.8. The number of ether oxygens (including phenoxy) is 1. The molecule has 3 amide bonds. The number of fused-ring (bicyclic) bond motifs is 2. The highest BCUT2D eigenvalue weighted by Gasteiger charge is 2.48. The predicted molar refractivity (Wildman–Crippen MR) is 176 cm³/mol. The van der Waals surface area contributed by atoms with Crippen LogP contribution in [0.25, 0.3) is 11.3 Å². The van der Waals surface area contributed by atoms with Crippen LogP contribution in [0, 0.1) is 23.7 Å². The van der Waals surface area contributed by atoms with Crippen LogP contribution in [0.2, 0.25) is 0 Å². The lowest BCUT2D eigenvalue weighted by Gasteiger charge is -2.53. The zero-order valence-corrected chi connectivity index (χ0v) is 26.7. The first kappa shape index (κ1) is 30.4. The van der Waals surface area contributed by atoms with Crippen molar-refractivity contribution in [2.24, 2.45) is 11.8 Å². The van der Waals surface area contributed by atoms with Gasteiger partial charge < -0.3 is 20.5 Å². The molecule has 5 aliphatic rings. The molecule has 0 radical (unpaired) electrons. The Bertz CT molecular complexity index is 1880. The van der Waals surface area contributed by atoms with Gasteiger partial charge in [0.25, 0.3) is 5.91 Å². The zero-order valence-electron chi connectivity index (χ0n) is 26.7. The standard InChI is InChI=1S/C37H38N6O5/c38-34-25(16-29(40-41-34)27-3-1-2-4-31(27)44)10-9-22-5-7-23(8-6-22)18-42-20-37(21-42)14-13-24-15-26-19-43(30-11-12-33(45)39-35(30)46)36(47)28(26)17-32(24)48-37/h1-4,15-17,22-23,30,44H,5-8,11-14,18-21H2,(H2,38,41)(H,39,45,46). The van der Waals surface area contributed by atoms with Gasteiger partial charge in [0.1, 0.15) is 23.1 Å². The molecule has 246 valence electrons. The quantitative estimate of drug-likeness (QED) is 0.286. The number of nitrogen functional groups attached to an aromatic ring is 1. The van der Waals surface area contributed by atoms with Crippen molar-refractivity contribution >= 4 is 23.5 Å². The molecule has 1 atom stereocenters. The van der Waals surface area contributed by atoms with E-state index < -0.39 is 11.9 Å². The summed E-state index contributed by atoms with van der Waals surface area (Å²) >= 11 is 0. The Kier molecular flexibility index (Phi) is 7.56. The van der Waals surface area contributed by atoms with E-state index in [1.807, 2.05) is 12.1 Å². The topological polar surface area (TPSA) is 151 Å². The molecule has 1 unspecified atom stereocenters. The minimum Gasteiger partial charge on any atom is -0.507 e. The van der Waals surface area contributed by atoms with Crippen LogP contribution in [0.3, 0.4) is 0 Å². The maximum Gasteiger partial charge on any atom is 0.255 e. The fourth-order valence-electron chi connectivity index (χ4n) is 8.06. The van der Waals surface area contributed by atoms with Gasteiger partial charge in [-0.15, -0.1) is 10.2 Å². The summed E-state index contributed by atoms with van der Waals surface area (Å²) in [5.41, 5.74) is 10.3. The van der Waals surface area contributed by atoms with Gasteiger partial charge in [0.05, 0.1) is 11.3 Å². The van der Waals surface area contributed by atoms with Gasteiger partial charge in [-0.25, -0.2) is 0 Å². The third-order valence-corrected chi connectivity index (χ3v) is 10.7. The highest BCUT2D eigenvalue weighted by atomic mass is 16.5. The molecule has 3 aromatic rings. The second-order valence-corrected chi connectivity index (χ2v) is 14.0. The number of rotatable bonds is 4. The first-order valence-corrected chi connectivity index (χ1v) is 16.9. The number of phenolic OH excluding ortho intramolecular Hbond substituents is 1.